The molecule has 0 aromatic heterocycles. The van der Waals surface area contributed by atoms with E-state index in [0.717, 1.165) is 83.3 Å². The molecule has 17 heteroatoms. The van der Waals surface area contributed by atoms with Crippen molar-refractivity contribution in [2.24, 2.45) is 0 Å². The molecule has 0 aliphatic carbocycles. The molecule has 0 saturated heterocycles. The minimum atomic E-state index is -1.18. The van der Waals surface area contributed by atoms with E-state index >= 15 is 0 Å². The molecule has 0 amide bonds. The summed E-state index contributed by atoms with van der Waals surface area (Å²) < 4.78 is 27.7. The lowest BCUT2D eigenvalue weighted by Gasteiger charge is -2.21. The zero-order valence-corrected chi connectivity index (χ0v) is 70.2. The van der Waals surface area contributed by atoms with Gasteiger partial charge in [-0.2, -0.15) is 0 Å². The molecule has 1 atom stereocenters. The van der Waals surface area contributed by atoms with Crippen LogP contribution in [0.15, 0.2) is 332 Å². The monoisotopic (exact) mass is 1580 g/mol. The van der Waals surface area contributed by atoms with Gasteiger partial charge in [0.15, 0.2) is 58.7 Å². The van der Waals surface area contributed by atoms with E-state index in [4.69, 9.17) is 23.7 Å². The van der Waals surface area contributed by atoms with Gasteiger partial charge in [0, 0.05) is 0 Å². The van der Waals surface area contributed by atoms with Crippen molar-refractivity contribution in [3.05, 3.63) is 329 Å². The van der Waals surface area contributed by atoms with E-state index < -0.39 is 67.5 Å². The summed E-state index contributed by atoms with van der Waals surface area (Å²) in [6.07, 6.45) is 0. The van der Waals surface area contributed by atoms with Crippen LogP contribution in [0.2, 0.25) is 0 Å². The van der Waals surface area contributed by atoms with Gasteiger partial charge in [-0.3, -0.25) is 0 Å². The fourth-order valence-electron chi connectivity index (χ4n) is 12.3. The first-order valence-electron chi connectivity index (χ1n) is 36.6. The summed E-state index contributed by atoms with van der Waals surface area (Å²) >= 11 is 0. The Hall–Kier alpha value is -11.1. The predicted molar refractivity (Wildman–Crippen MR) is 446 cm³/mol. The minimum Gasteiger partial charge on any atom is -0.545 e. The van der Waals surface area contributed by atoms with Crippen LogP contribution >= 0.6 is 0 Å². The maximum absolute atomic E-state index is 11.9. The highest BCUT2D eigenvalue weighted by Crippen LogP contribution is 2.41. The second-order valence-electron chi connectivity index (χ2n) is 29.7. The summed E-state index contributed by atoms with van der Waals surface area (Å²) in [7, 11) is 2.54. The molecular weight excluding hydrogens is 1490 g/mol. The standard InChI is InChI=1S/C27H30O4S.C25H26O3S.C23H22O2S.C21H18O4S/c1-26(2,3)30-19-11-15-21(16-12-19)32(24-10-8-7-9-23(24)25(28)29)22-17-13-20(14-18-22)31-27(4,5)6;1-17-6-15-23(22(16-17)24(26)27)29(21-13-9-19(28-5)10-14-21)20-11-7-18(8-12-20)25(2,3)4;1-15-9-16(2)12-19(11-15)26(20-13-17(3)10-18(4)14-20)22-8-6-5-7-21(22)23(24)25;1-24-15-7-11-17(12-8-15)26(18-13-9-16(25-2)10-14-18)20-6-4-3-5-19(20)21(22)23/h7-18H,1-6H3;6-16H,1-5H3;5-14H,1-4H3;3-14H,1-2H3. The molecule has 0 bridgehead atoms. The summed E-state index contributed by atoms with van der Waals surface area (Å²) in [5.41, 5.74) is 7.18. The first-order valence-corrected chi connectivity index (χ1v) is 41.5. The smallest absolute Gasteiger partial charge is 0.175 e. The quantitative estimate of drug-likeness (QED) is 0.0614. The molecule has 0 aliphatic rings. The van der Waals surface area contributed by atoms with Gasteiger partial charge in [0.2, 0.25) is 0 Å². The van der Waals surface area contributed by atoms with Crippen molar-refractivity contribution in [2.45, 2.75) is 172 Å². The number of aromatic carboxylic acids is 4. The highest BCUT2D eigenvalue weighted by Gasteiger charge is 2.37. The van der Waals surface area contributed by atoms with Gasteiger partial charge in [-0.05, 0) is 316 Å². The average molecular weight is 1590 g/mol. The van der Waals surface area contributed by atoms with E-state index in [0.29, 0.717) is 9.79 Å². The molecule has 12 aromatic rings. The Morgan fingerprint density at radius 2 is 0.496 bits per heavy atom. The third-order valence-electron chi connectivity index (χ3n) is 17.2. The molecule has 0 radical (unpaired) electrons. The Labute approximate surface area is 677 Å². The number of hydrogen-bond acceptors (Lipinski definition) is 13. The number of carboxylic acids is 4. The van der Waals surface area contributed by atoms with Gasteiger partial charge in [-0.25, -0.2) is 0 Å². The minimum absolute atomic E-state index is 0.0528. The first-order chi connectivity index (χ1) is 53.6. The summed E-state index contributed by atoms with van der Waals surface area (Å²) in [4.78, 5) is 58.4. The van der Waals surface area contributed by atoms with Crippen molar-refractivity contribution in [1.29, 1.82) is 0 Å². The molecule has 1 unspecified atom stereocenters. The normalized spacial score (nSPS) is 11.5. The molecule has 113 heavy (non-hydrogen) atoms. The van der Waals surface area contributed by atoms with Gasteiger partial charge in [0.05, 0.1) is 111 Å². The van der Waals surface area contributed by atoms with E-state index in [1.54, 1.807) is 63.8 Å². The van der Waals surface area contributed by atoms with Gasteiger partial charge in [-0.1, -0.05) is 93.1 Å². The van der Waals surface area contributed by atoms with E-state index in [1.165, 1.54) is 27.8 Å². The van der Waals surface area contributed by atoms with Crippen LogP contribution in [0.1, 0.15) is 137 Å². The largest absolute Gasteiger partial charge is 0.545 e. The first kappa shape index (κ1) is 85.9. The van der Waals surface area contributed by atoms with Crippen molar-refractivity contribution in [3.63, 3.8) is 0 Å². The number of ether oxygens (including phenoxy) is 5. The Morgan fingerprint density at radius 3 is 0.743 bits per heavy atom. The van der Waals surface area contributed by atoms with Crippen LogP contribution in [0.4, 0.5) is 0 Å². The van der Waals surface area contributed by atoms with Crippen molar-refractivity contribution in [1.82, 2.24) is 0 Å². The Balaban J connectivity index is 0.000000173. The van der Waals surface area contributed by atoms with E-state index in [1.807, 2.05) is 218 Å². The predicted octanol–water partition coefficient (Wildman–Crippen LogP) is 17.8. The van der Waals surface area contributed by atoms with Crippen LogP contribution in [0, 0.1) is 34.6 Å². The van der Waals surface area contributed by atoms with Crippen LogP contribution in [0.5, 0.6) is 28.7 Å². The van der Waals surface area contributed by atoms with Gasteiger partial charge in [-0.15, -0.1) is 0 Å². The number of hydrogen-bond donors (Lipinski definition) is 0. The fourth-order valence-corrected chi connectivity index (χ4v) is 21.4. The topological polar surface area (TPSA) is 207 Å². The van der Waals surface area contributed by atoms with E-state index in [-0.39, 0.29) is 38.9 Å². The highest BCUT2D eigenvalue weighted by atomic mass is 32.2. The Kier molecular flexibility index (Phi) is 29.2. The molecule has 582 valence electrons. The van der Waals surface area contributed by atoms with Crippen molar-refractivity contribution in [3.8, 4) is 28.7 Å². The lowest BCUT2D eigenvalue weighted by atomic mass is 9.87. The molecule has 0 heterocycles. The Morgan fingerprint density at radius 1 is 0.257 bits per heavy atom. The number of carbonyl (C=O) groups excluding carboxylic acids is 4. The van der Waals surface area contributed by atoms with Crippen molar-refractivity contribution < 1.29 is 63.3 Å². The number of methoxy groups -OCH3 is 3. The summed E-state index contributed by atoms with van der Waals surface area (Å²) in [6.45, 7) is 28.7. The highest BCUT2D eigenvalue weighted by molar-refractivity contribution is 7.98. The maximum atomic E-state index is 11.9. The van der Waals surface area contributed by atoms with Crippen LogP contribution < -0.4 is 44.1 Å². The number of benzene rings is 12. The van der Waals surface area contributed by atoms with Gasteiger partial charge < -0.3 is 63.3 Å². The number of carbonyl (C=O) groups is 4. The second-order valence-corrected chi connectivity index (χ2v) is 37.7. The molecule has 0 saturated carbocycles. The number of rotatable bonds is 21. The fraction of sp³-hybridized carbons (Fsp3) is 0.208. The average Bonchev–Trinajstić information content (AvgIpc) is 0.801. The zero-order valence-electron chi connectivity index (χ0n) is 66.9. The summed E-state index contributed by atoms with van der Waals surface area (Å²) in [5.74, 6) is -0.838. The van der Waals surface area contributed by atoms with Crippen molar-refractivity contribution >= 4 is 67.5 Å². The molecule has 12 rings (SSSR count). The second kappa shape index (κ2) is 38.4. The van der Waals surface area contributed by atoms with Crippen molar-refractivity contribution in [2.75, 3.05) is 21.3 Å². The lowest BCUT2D eigenvalue weighted by molar-refractivity contribution is -0.256. The van der Waals surface area contributed by atoms with Gasteiger partial charge in [0.1, 0.15) is 39.9 Å². The van der Waals surface area contributed by atoms with Gasteiger partial charge in [0.25, 0.3) is 0 Å². The van der Waals surface area contributed by atoms with E-state index in [2.05, 4.69) is 109 Å². The number of aryl methyl sites for hydroxylation is 5. The molecule has 0 spiro atoms. The third-order valence-corrected chi connectivity index (χ3v) is 26.3. The van der Waals surface area contributed by atoms with Crippen LogP contribution in [-0.2, 0) is 49.0 Å². The van der Waals surface area contributed by atoms with Crippen LogP contribution in [0.25, 0.3) is 0 Å². The summed E-state index contributed by atoms with van der Waals surface area (Å²) in [6, 6.07) is 86.9. The van der Waals surface area contributed by atoms with Gasteiger partial charge >= 0.3 is 0 Å². The number of carboxylic acid groups (broad SMARTS) is 4. The van der Waals surface area contributed by atoms with Crippen LogP contribution in [-0.4, -0.2) is 56.4 Å². The molecule has 0 N–H and O–H groups in total. The SMILES string of the molecule is CC(C)(C)Oc1ccc([S+](c2ccc(OC(C)(C)C)cc2)c2ccccc2C(=O)[O-])cc1.COc1ccc([S+](c2ccc(C(C)(C)C)cc2)c2ccc(C)cc2C(=O)[O-])cc1.COc1ccc([S+](c2ccc(OC)cc2)c2ccccc2C(=O)[O-])cc1.Cc1cc(C)cc([S+](c2cc(C)cc(C)c2)c2ccccc2C(=O)[O-])c1. The molecular formula is C96H96O13S4. The maximum Gasteiger partial charge on any atom is 0.175 e. The third kappa shape index (κ3) is 23.5. The Bertz CT molecular complexity index is 5040. The molecule has 0 aliphatic heterocycles. The molecule has 0 fully saturated rings. The van der Waals surface area contributed by atoms with E-state index in [9.17, 15) is 39.6 Å². The molecule has 12 aromatic carbocycles. The molecule has 13 nitrogen and oxygen atoms in total. The lowest BCUT2D eigenvalue weighted by Crippen LogP contribution is -2.25. The summed E-state index contributed by atoms with van der Waals surface area (Å²) in [5, 5.41) is 47.2. The zero-order chi connectivity index (χ0) is 82.1. The van der Waals surface area contributed by atoms with Crippen LogP contribution in [0.3, 0.4) is 0 Å².